The summed E-state index contributed by atoms with van der Waals surface area (Å²) < 4.78 is 10.8. The first-order valence-corrected chi connectivity index (χ1v) is 15.3. The smallest absolute Gasteiger partial charge is 0.201 e. The van der Waals surface area contributed by atoms with E-state index in [2.05, 4.69) is 76.3 Å². The summed E-state index contributed by atoms with van der Waals surface area (Å²) >= 11 is 0. The fourth-order valence-corrected chi connectivity index (χ4v) is 4.95. The van der Waals surface area contributed by atoms with E-state index < -0.39 is 0 Å². The maximum absolute atomic E-state index is 13.2. The van der Waals surface area contributed by atoms with Gasteiger partial charge in [-0.2, -0.15) is 0 Å². The standard InChI is InChI=1S/C38H51NO4/c1-10-12-33(38(6,7)8)24-30(11-2)31-16-13-28(14-17-31)22-29(23-34(39)36(41)25-42-9)15-19-35(40)32-18-20-37(27(5)21-32)43-26(3)4/h10-14,16-18,20-21,24,26,29,39H,15,19,22-23,25H2,1-9H3/b12-10-,30-11+,33-24+,39-34?/t29-/m0/s1. The largest absolute Gasteiger partial charge is 0.491 e. The van der Waals surface area contributed by atoms with Crippen molar-refractivity contribution in [1.29, 1.82) is 5.41 Å². The third-order valence-corrected chi connectivity index (χ3v) is 7.39. The number of aryl methyl sites for hydroxylation is 1. The molecule has 0 unspecified atom stereocenters. The van der Waals surface area contributed by atoms with E-state index in [0.717, 1.165) is 28.0 Å². The second-order valence-electron chi connectivity index (χ2n) is 12.5. The second kappa shape index (κ2) is 16.9. The Morgan fingerprint density at radius 2 is 1.65 bits per heavy atom. The van der Waals surface area contributed by atoms with Gasteiger partial charge in [-0.25, -0.2) is 0 Å². The molecule has 1 N–H and O–H groups in total. The summed E-state index contributed by atoms with van der Waals surface area (Å²) in [5.74, 6) is 0.488. The number of allylic oxidation sites excluding steroid dienone is 6. The minimum absolute atomic E-state index is 0.0265. The Morgan fingerprint density at radius 1 is 1.00 bits per heavy atom. The van der Waals surface area contributed by atoms with Crippen molar-refractivity contribution in [2.75, 3.05) is 13.7 Å². The molecule has 5 nitrogen and oxygen atoms in total. The first kappa shape index (κ1) is 35.6. The van der Waals surface area contributed by atoms with Crippen molar-refractivity contribution in [3.05, 3.63) is 94.6 Å². The van der Waals surface area contributed by atoms with E-state index in [9.17, 15) is 9.59 Å². The minimum Gasteiger partial charge on any atom is -0.491 e. The van der Waals surface area contributed by atoms with Gasteiger partial charge in [0, 0.05) is 19.1 Å². The van der Waals surface area contributed by atoms with Crippen LogP contribution in [0.3, 0.4) is 0 Å². The molecule has 0 heterocycles. The van der Waals surface area contributed by atoms with Gasteiger partial charge in [-0.1, -0.05) is 69.3 Å². The number of hydrogen-bond donors (Lipinski definition) is 1. The molecule has 232 valence electrons. The Bertz CT molecular complexity index is 1340. The van der Waals surface area contributed by atoms with Gasteiger partial charge in [-0.15, -0.1) is 0 Å². The highest BCUT2D eigenvalue weighted by Crippen LogP contribution is 2.30. The van der Waals surface area contributed by atoms with Crippen LogP contribution >= 0.6 is 0 Å². The molecule has 0 aromatic heterocycles. The summed E-state index contributed by atoms with van der Waals surface area (Å²) in [4.78, 5) is 25.5. The number of ketones is 2. The van der Waals surface area contributed by atoms with Gasteiger partial charge in [-0.05, 0) is 111 Å². The molecule has 0 aliphatic rings. The molecular formula is C38H51NO4. The van der Waals surface area contributed by atoms with Crippen LogP contribution in [-0.4, -0.2) is 37.1 Å². The van der Waals surface area contributed by atoms with Crippen LogP contribution in [0.1, 0.15) is 94.8 Å². The molecule has 43 heavy (non-hydrogen) atoms. The van der Waals surface area contributed by atoms with Gasteiger partial charge in [0.25, 0.3) is 0 Å². The lowest BCUT2D eigenvalue weighted by molar-refractivity contribution is -0.116. The van der Waals surface area contributed by atoms with E-state index in [-0.39, 0.29) is 41.3 Å². The molecule has 0 radical (unpaired) electrons. The molecule has 0 spiro atoms. The van der Waals surface area contributed by atoms with Crippen molar-refractivity contribution >= 4 is 22.9 Å². The molecular weight excluding hydrogens is 534 g/mol. The highest BCUT2D eigenvalue weighted by Gasteiger charge is 2.20. The first-order chi connectivity index (χ1) is 20.3. The van der Waals surface area contributed by atoms with Crippen LogP contribution in [0, 0.1) is 23.7 Å². The summed E-state index contributed by atoms with van der Waals surface area (Å²) in [6, 6.07) is 14.1. The van der Waals surface area contributed by atoms with Gasteiger partial charge in [0.15, 0.2) is 5.78 Å². The third-order valence-electron chi connectivity index (χ3n) is 7.39. The average Bonchev–Trinajstić information content (AvgIpc) is 2.94. The van der Waals surface area contributed by atoms with Gasteiger partial charge >= 0.3 is 0 Å². The molecule has 2 rings (SSSR count). The molecule has 0 aliphatic carbocycles. The Balaban J connectivity index is 2.24. The number of hydrogen-bond acceptors (Lipinski definition) is 5. The first-order valence-electron chi connectivity index (χ1n) is 15.3. The van der Waals surface area contributed by atoms with Gasteiger partial charge in [0.1, 0.15) is 12.4 Å². The zero-order valence-electron chi connectivity index (χ0n) is 27.7. The highest BCUT2D eigenvalue weighted by atomic mass is 16.5. The van der Waals surface area contributed by atoms with Crippen LogP contribution in [0.2, 0.25) is 0 Å². The number of Topliss-reactive ketones (excluding diaryl/α,β-unsaturated/α-hetero) is 2. The molecule has 0 aliphatic heterocycles. The number of carbonyl (C=O) groups excluding carboxylic acids is 2. The van der Waals surface area contributed by atoms with E-state index in [0.29, 0.717) is 31.2 Å². The van der Waals surface area contributed by atoms with Gasteiger partial charge in [0.05, 0.1) is 11.8 Å². The summed E-state index contributed by atoms with van der Waals surface area (Å²) in [6.07, 6.45) is 10.6. The molecule has 2 aromatic carbocycles. The normalized spacial score (nSPS) is 13.4. The number of carbonyl (C=O) groups is 2. The molecule has 0 saturated heterocycles. The predicted molar refractivity (Wildman–Crippen MR) is 179 cm³/mol. The summed E-state index contributed by atoms with van der Waals surface area (Å²) in [6.45, 7) is 16.5. The number of methoxy groups -OCH3 is 1. The zero-order chi connectivity index (χ0) is 32.2. The average molecular weight is 586 g/mol. The van der Waals surface area contributed by atoms with Crippen molar-refractivity contribution in [1.82, 2.24) is 0 Å². The summed E-state index contributed by atoms with van der Waals surface area (Å²) in [5, 5.41) is 8.37. The summed E-state index contributed by atoms with van der Waals surface area (Å²) in [5.41, 5.74) is 6.31. The van der Waals surface area contributed by atoms with Gasteiger partial charge in [0.2, 0.25) is 5.78 Å². The fraction of sp³-hybridized carbons (Fsp3) is 0.447. The lowest BCUT2D eigenvalue weighted by Crippen LogP contribution is -2.22. The van der Waals surface area contributed by atoms with Crippen LogP contribution in [0.4, 0.5) is 0 Å². The maximum atomic E-state index is 13.2. The van der Waals surface area contributed by atoms with Crippen molar-refractivity contribution < 1.29 is 19.1 Å². The Kier molecular flexibility index (Phi) is 14.0. The predicted octanol–water partition coefficient (Wildman–Crippen LogP) is 9.18. The minimum atomic E-state index is -0.314. The van der Waals surface area contributed by atoms with E-state index in [4.69, 9.17) is 14.9 Å². The maximum Gasteiger partial charge on any atom is 0.201 e. The lowest BCUT2D eigenvalue weighted by atomic mass is 9.84. The summed E-state index contributed by atoms with van der Waals surface area (Å²) in [7, 11) is 1.46. The number of nitrogens with one attached hydrogen (secondary N) is 1. The van der Waals surface area contributed by atoms with E-state index >= 15 is 0 Å². The van der Waals surface area contributed by atoms with Crippen LogP contribution in [0.15, 0.2) is 72.3 Å². The molecule has 0 bridgehead atoms. The lowest BCUT2D eigenvalue weighted by Gasteiger charge is -2.21. The van der Waals surface area contributed by atoms with Crippen LogP contribution in [-0.2, 0) is 16.0 Å². The molecule has 0 saturated carbocycles. The van der Waals surface area contributed by atoms with E-state index in [1.807, 2.05) is 45.9 Å². The van der Waals surface area contributed by atoms with Crippen LogP contribution in [0.25, 0.3) is 5.57 Å². The van der Waals surface area contributed by atoms with Crippen molar-refractivity contribution in [3.63, 3.8) is 0 Å². The SMILES string of the molecule is C\C=C/C(=C\C(=C/C)c1ccc(C[C@H](CCC(=O)c2ccc(OC(C)C)c(C)c2)CC(=N)C(=O)COC)cc1)C(C)(C)C. The number of ether oxygens (including phenoxy) is 2. The van der Waals surface area contributed by atoms with Crippen molar-refractivity contribution in [2.24, 2.45) is 11.3 Å². The molecule has 1 atom stereocenters. The third kappa shape index (κ3) is 11.6. The Morgan fingerprint density at radius 3 is 2.19 bits per heavy atom. The molecule has 0 fully saturated rings. The van der Waals surface area contributed by atoms with E-state index in [1.165, 1.54) is 12.7 Å². The molecule has 5 heteroatoms. The van der Waals surface area contributed by atoms with Crippen molar-refractivity contribution in [2.45, 2.75) is 87.2 Å². The van der Waals surface area contributed by atoms with Crippen LogP contribution < -0.4 is 4.74 Å². The Hall–Kier alpha value is -3.57. The Labute approximate surface area is 259 Å². The molecule has 2 aromatic rings. The van der Waals surface area contributed by atoms with Crippen LogP contribution in [0.5, 0.6) is 5.75 Å². The fourth-order valence-electron chi connectivity index (χ4n) is 4.95. The topological polar surface area (TPSA) is 76.5 Å². The second-order valence-corrected chi connectivity index (χ2v) is 12.5. The quantitative estimate of drug-likeness (QED) is 0.121. The van der Waals surface area contributed by atoms with Gasteiger partial charge < -0.3 is 14.9 Å². The number of benzene rings is 2. The highest BCUT2D eigenvalue weighted by molar-refractivity contribution is 6.39. The van der Waals surface area contributed by atoms with Gasteiger partial charge in [-0.3, -0.25) is 9.59 Å². The molecule has 0 amide bonds. The van der Waals surface area contributed by atoms with Crippen molar-refractivity contribution in [3.8, 4) is 5.75 Å². The zero-order valence-corrected chi connectivity index (χ0v) is 27.7. The number of rotatable bonds is 16. The monoisotopic (exact) mass is 585 g/mol. The van der Waals surface area contributed by atoms with E-state index in [1.54, 1.807) is 0 Å².